The summed E-state index contributed by atoms with van der Waals surface area (Å²) in [7, 11) is 0. The molecule has 58 heavy (non-hydrogen) atoms. The van der Waals surface area contributed by atoms with E-state index in [0.29, 0.717) is 92.1 Å². The van der Waals surface area contributed by atoms with Gasteiger partial charge in [-0.1, -0.05) is 58.3 Å². The van der Waals surface area contributed by atoms with Crippen LogP contribution in [0.2, 0.25) is 0 Å². The third-order valence-corrected chi connectivity index (χ3v) is 10.4. The predicted octanol–water partition coefficient (Wildman–Crippen LogP) is 11.0. The van der Waals surface area contributed by atoms with E-state index in [9.17, 15) is 0 Å². The van der Waals surface area contributed by atoms with E-state index in [2.05, 4.69) is 6.92 Å². The third-order valence-electron chi connectivity index (χ3n) is 10.4. The van der Waals surface area contributed by atoms with Gasteiger partial charge >= 0.3 is 0 Å². The van der Waals surface area contributed by atoms with E-state index in [-0.39, 0.29) is 12.2 Å². The lowest BCUT2D eigenvalue weighted by Crippen LogP contribution is -2.66. The van der Waals surface area contributed by atoms with Crippen LogP contribution in [0.25, 0.3) is 0 Å². The number of hydrogen-bond donors (Lipinski definition) is 0. The van der Waals surface area contributed by atoms with Gasteiger partial charge in [-0.05, 0) is 109 Å². The summed E-state index contributed by atoms with van der Waals surface area (Å²) in [4.78, 5) is 0. The van der Waals surface area contributed by atoms with Gasteiger partial charge in [-0.3, -0.25) is 0 Å². The molecule has 0 N–H and O–H groups in total. The zero-order valence-electron chi connectivity index (χ0n) is 40.0. The molecule has 0 aromatic rings. The first kappa shape index (κ1) is 57.5. The van der Waals surface area contributed by atoms with Crippen molar-refractivity contribution in [1.29, 1.82) is 0 Å². The van der Waals surface area contributed by atoms with Gasteiger partial charge in [0.25, 0.3) is 11.9 Å². The summed E-state index contributed by atoms with van der Waals surface area (Å²) < 4.78 is 76.0. The van der Waals surface area contributed by atoms with Crippen molar-refractivity contribution in [3.63, 3.8) is 0 Å². The van der Waals surface area contributed by atoms with Crippen LogP contribution in [0.5, 0.6) is 0 Å². The predicted molar refractivity (Wildman–Crippen MR) is 232 cm³/mol. The molecule has 0 heterocycles. The highest BCUT2D eigenvalue weighted by atomic mass is 16.9. The molecule has 0 aromatic heterocycles. The highest BCUT2D eigenvalue weighted by Gasteiger charge is 2.59. The van der Waals surface area contributed by atoms with Crippen LogP contribution in [-0.4, -0.2) is 115 Å². The molecular weight excluding hydrogens is 744 g/mol. The molecule has 0 bridgehead atoms. The second-order valence-electron chi connectivity index (χ2n) is 14.4. The molecule has 0 aliphatic rings. The number of hydrogen-bond acceptors (Lipinski definition) is 12. The molecule has 0 aliphatic heterocycles. The Kier molecular flexibility index (Phi) is 34.7. The lowest BCUT2D eigenvalue weighted by molar-refractivity contribution is -0.395. The minimum absolute atomic E-state index is 0.353. The summed E-state index contributed by atoms with van der Waals surface area (Å²) in [6.07, 6.45) is 12.4. The first-order valence-corrected chi connectivity index (χ1v) is 23.7. The summed E-state index contributed by atoms with van der Waals surface area (Å²) in [6.45, 7) is 32.2. The Bertz CT molecular complexity index is 792. The van der Waals surface area contributed by atoms with Gasteiger partial charge in [0.15, 0.2) is 0 Å². The maximum atomic E-state index is 6.79. The van der Waals surface area contributed by atoms with Crippen molar-refractivity contribution in [2.45, 2.75) is 216 Å². The molecule has 0 aromatic carbocycles. The molecule has 350 valence electrons. The van der Waals surface area contributed by atoms with Gasteiger partial charge in [-0.15, -0.1) is 0 Å². The highest BCUT2D eigenvalue weighted by Crippen LogP contribution is 2.45. The van der Waals surface area contributed by atoms with E-state index in [1.807, 2.05) is 83.1 Å². The number of rotatable bonds is 44. The van der Waals surface area contributed by atoms with Crippen LogP contribution in [0.1, 0.15) is 180 Å². The quantitative estimate of drug-likeness (QED) is 0.0430. The van der Waals surface area contributed by atoms with Gasteiger partial charge in [0.05, 0.1) is 5.92 Å². The third kappa shape index (κ3) is 19.7. The average molecular weight is 839 g/mol. The van der Waals surface area contributed by atoms with Crippen LogP contribution in [0, 0.1) is 5.92 Å². The standard InChI is InChI=1S/C46H94O12/c1-14-47-41(36-32-28-26-30-34-38-43(49-16-3,50-17-4)51-18-5)45(55-22-9,56-23-10)40(13)46(57-24-11,58-25-12)42(48-15-2)37-33-29-27-31-35-39-44(52-19-6,53-20-7)54-21-8/h40-42H,14-39H2,1-13H3. The lowest BCUT2D eigenvalue weighted by Gasteiger charge is -2.52. The molecule has 0 fully saturated rings. The van der Waals surface area contributed by atoms with E-state index < -0.39 is 29.4 Å². The molecule has 0 saturated heterocycles. The topological polar surface area (TPSA) is 111 Å². The smallest absolute Gasteiger partial charge is 0.282 e. The van der Waals surface area contributed by atoms with Crippen LogP contribution in [0.15, 0.2) is 0 Å². The monoisotopic (exact) mass is 839 g/mol. The van der Waals surface area contributed by atoms with E-state index in [0.717, 1.165) is 77.0 Å². The minimum Gasteiger partial charge on any atom is -0.373 e. The molecule has 0 rings (SSSR count). The second-order valence-corrected chi connectivity index (χ2v) is 14.4. The maximum absolute atomic E-state index is 6.79. The molecule has 2 unspecified atom stereocenters. The molecular formula is C46H94O12. The van der Waals surface area contributed by atoms with Gasteiger partial charge < -0.3 is 56.8 Å². The van der Waals surface area contributed by atoms with Gasteiger partial charge in [-0.25, -0.2) is 0 Å². The fraction of sp³-hybridized carbons (Fsp3) is 1.00. The number of ether oxygens (including phenoxy) is 12. The van der Waals surface area contributed by atoms with Crippen molar-refractivity contribution in [2.75, 3.05) is 79.3 Å². The molecule has 0 saturated carbocycles. The van der Waals surface area contributed by atoms with E-state index >= 15 is 0 Å². The van der Waals surface area contributed by atoms with Gasteiger partial charge in [0, 0.05) is 92.1 Å². The van der Waals surface area contributed by atoms with Crippen molar-refractivity contribution in [2.24, 2.45) is 5.92 Å². The zero-order valence-corrected chi connectivity index (χ0v) is 40.0. The fourth-order valence-corrected chi connectivity index (χ4v) is 8.30. The summed E-state index contributed by atoms with van der Waals surface area (Å²) >= 11 is 0. The van der Waals surface area contributed by atoms with Crippen molar-refractivity contribution in [3.05, 3.63) is 0 Å². The SMILES string of the molecule is CCOC(CCCCCCCC(OCC)(OCC)OCC)C(OCC)(OCC)C(C)C(OCC)(OCC)C(CCCCCCCC(OCC)(OCC)OCC)OCC. The molecule has 2 atom stereocenters. The van der Waals surface area contributed by atoms with Crippen LogP contribution in [0.3, 0.4) is 0 Å². The molecule has 0 radical (unpaired) electrons. The van der Waals surface area contributed by atoms with Crippen molar-refractivity contribution >= 4 is 0 Å². The Labute approximate surface area is 357 Å². The van der Waals surface area contributed by atoms with E-state index in [4.69, 9.17) is 56.8 Å². The largest absolute Gasteiger partial charge is 0.373 e. The van der Waals surface area contributed by atoms with Crippen molar-refractivity contribution < 1.29 is 56.8 Å². The summed E-state index contributed by atoms with van der Waals surface area (Å²) in [5.41, 5.74) is 0. The summed E-state index contributed by atoms with van der Waals surface area (Å²) in [5, 5.41) is 0. The summed E-state index contributed by atoms with van der Waals surface area (Å²) in [6, 6.07) is 0. The molecule has 0 amide bonds. The van der Waals surface area contributed by atoms with Crippen molar-refractivity contribution in [1.82, 2.24) is 0 Å². The second kappa shape index (κ2) is 35.0. The first-order chi connectivity index (χ1) is 28.1. The van der Waals surface area contributed by atoms with E-state index in [1.54, 1.807) is 0 Å². The zero-order chi connectivity index (χ0) is 43.6. The maximum Gasteiger partial charge on any atom is 0.282 e. The molecule has 12 nitrogen and oxygen atoms in total. The first-order valence-electron chi connectivity index (χ1n) is 23.7. The van der Waals surface area contributed by atoms with Crippen LogP contribution in [-0.2, 0) is 56.8 Å². The van der Waals surface area contributed by atoms with Gasteiger partial charge in [-0.2, -0.15) is 0 Å². The normalized spacial score (nSPS) is 14.6. The molecule has 0 spiro atoms. The Morgan fingerprint density at radius 2 is 0.534 bits per heavy atom. The van der Waals surface area contributed by atoms with Crippen LogP contribution >= 0.6 is 0 Å². The van der Waals surface area contributed by atoms with Gasteiger partial charge in [0.2, 0.25) is 11.6 Å². The number of unbranched alkanes of at least 4 members (excludes halogenated alkanes) is 8. The minimum atomic E-state index is -1.14. The highest BCUT2D eigenvalue weighted by molar-refractivity contribution is 4.98. The van der Waals surface area contributed by atoms with E-state index in [1.165, 1.54) is 0 Å². The van der Waals surface area contributed by atoms with Crippen LogP contribution in [0.4, 0.5) is 0 Å². The Balaban J connectivity index is 6.11. The fourth-order valence-electron chi connectivity index (χ4n) is 8.30. The Morgan fingerprint density at radius 1 is 0.293 bits per heavy atom. The Hall–Kier alpha value is -0.480. The molecule has 0 aliphatic carbocycles. The molecule has 12 heteroatoms. The van der Waals surface area contributed by atoms with Crippen LogP contribution < -0.4 is 0 Å². The Morgan fingerprint density at radius 3 is 0.776 bits per heavy atom. The van der Waals surface area contributed by atoms with Gasteiger partial charge in [0.1, 0.15) is 12.2 Å². The lowest BCUT2D eigenvalue weighted by atomic mass is 9.80. The average Bonchev–Trinajstić information content (AvgIpc) is 3.19. The summed E-state index contributed by atoms with van der Waals surface area (Å²) in [5.74, 6) is -4.60. The van der Waals surface area contributed by atoms with Crippen molar-refractivity contribution in [3.8, 4) is 0 Å².